The van der Waals surface area contributed by atoms with Gasteiger partial charge in [-0.15, -0.1) is 0 Å². The molecule has 0 aromatic carbocycles. The molecule has 18 heavy (non-hydrogen) atoms. The highest BCUT2D eigenvalue weighted by molar-refractivity contribution is 4.82. The van der Waals surface area contributed by atoms with E-state index in [2.05, 4.69) is 45.0 Å². The first-order valence-electron chi connectivity index (χ1n) is 7.90. The van der Waals surface area contributed by atoms with Crippen molar-refractivity contribution >= 4 is 0 Å². The molecular weight excluding hydrogens is 220 g/mol. The lowest BCUT2D eigenvalue weighted by Crippen LogP contribution is -2.43. The van der Waals surface area contributed by atoms with E-state index >= 15 is 0 Å². The van der Waals surface area contributed by atoms with Gasteiger partial charge in [0, 0.05) is 12.1 Å². The van der Waals surface area contributed by atoms with Crippen molar-refractivity contribution in [1.82, 2.24) is 10.2 Å². The highest BCUT2D eigenvalue weighted by atomic mass is 15.1. The molecule has 1 unspecified atom stereocenters. The van der Waals surface area contributed by atoms with Crippen LogP contribution < -0.4 is 5.32 Å². The normalized spacial score (nSPS) is 20.3. The zero-order chi connectivity index (χ0) is 13.6. The van der Waals surface area contributed by atoms with E-state index in [4.69, 9.17) is 0 Å². The Hall–Kier alpha value is -0.0800. The van der Waals surface area contributed by atoms with Gasteiger partial charge in [-0.3, -0.25) is 0 Å². The smallest absolute Gasteiger partial charge is 0.0125 e. The summed E-state index contributed by atoms with van der Waals surface area (Å²) in [5, 5.41) is 3.50. The van der Waals surface area contributed by atoms with Gasteiger partial charge in [0.05, 0.1) is 0 Å². The molecule has 0 bridgehead atoms. The van der Waals surface area contributed by atoms with Gasteiger partial charge in [0.15, 0.2) is 0 Å². The maximum Gasteiger partial charge on any atom is 0.0125 e. The summed E-state index contributed by atoms with van der Waals surface area (Å²) in [6, 6.07) is 1.48. The molecule has 0 saturated heterocycles. The molecule has 108 valence electrons. The van der Waals surface area contributed by atoms with Gasteiger partial charge in [-0.1, -0.05) is 47.0 Å². The molecule has 0 aromatic heterocycles. The number of hydrogen-bond donors (Lipinski definition) is 1. The van der Waals surface area contributed by atoms with Crippen molar-refractivity contribution in [1.29, 1.82) is 0 Å². The summed E-state index contributed by atoms with van der Waals surface area (Å²) in [4.78, 5) is 2.72. The van der Waals surface area contributed by atoms with Gasteiger partial charge in [-0.05, 0) is 44.8 Å². The lowest BCUT2D eigenvalue weighted by atomic mass is 9.84. The molecule has 0 aromatic rings. The third-order valence-electron chi connectivity index (χ3n) is 4.60. The third kappa shape index (κ3) is 4.89. The second-order valence-electron chi connectivity index (χ2n) is 6.92. The van der Waals surface area contributed by atoms with Gasteiger partial charge in [-0.25, -0.2) is 0 Å². The second-order valence-corrected chi connectivity index (χ2v) is 6.92. The fourth-order valence-corrected chi connectivity index (χ4v) is 3.35. The molecule has 2 nitrogen and oxygen atoms in total. The van der Waals surface area contributed by atoms with E-state index in [1.807, 2.05) is 0 Å². The van der Waals surface area contributed by atoms with Crippen LogP contribution in [0.2, 0.25) is 0 Å². The SMILES string of the molecule is CCN(CCC(NC)C(C)(C)C)C1CCCCC1. The maximum absolute atomic E-state index is 3.50. The van der Waals surface area contributed by atoms with Crippen LogP contribution in [0.25, 0.3) is 0 Å². The summed E-state index contributed by atoms with van der Waals surface area (Å²) in [5.41, 5.74) is 0.362. The van der Waals surface area contributed by atoms with Crippen molar-refractivity contribution in [2.24, 2.45) is 5.41 Å². The molecule has 0 heterocycles. The summed E-state index contributed by atoms with van der Waals surface area (Å²) in [7, 11) is 2.10. The van der Waals surface area contributed by atoms with Gasteiger partial charge < -0.3 is 10.2 Å². The molecule has 1 saturated carbocycles. The Labute approximate surface area is 115 Å². The van der Waals surface area contributed by atoms with Crippen molar-refractivity contribution in [2.75, 3.05) is 20.1 Å². The topological polar surface area (TPSA) is 15.3 Å². The summed E-state index contributed by atoms with van der Waals surface area (Å²) < 4.78 is 0. The first-order chi connectivity index (χ1) is 8.49. The average molecular weight is 254 g/mol. The molecular formula is C16H34N2. The molecule has 0 amide bonds. The first-order valence-corrected chi connectivity index (χ1v) is 7.90. The van der Waals surface area contributed by atoms with Gasteiger partial charge in [-0.2, -0.15) is 0 Å². The summed E-state index contributed by atoms with van der Waals surface area (Å²) in [5.74, 6) is 0. The lowest BCUT2D eigenvalue weighted by Gasteiger charge is -2.37. The van der Waals surface area contributed by atoms with Gasteiger partial charge in [0.25, 0.3) is 0 Å². The Morgan fingerprint density at radius 2 is 1.78 bits per heavy atom. The Kier molecular flexibility index (Phi) is 6.65. The fraction of sp³-hybridized carbons (Fsp3) is 1.00. The zero-order valence-corrected chi connectivity index (χ0v) is 13.3. The van der Waals surface area contributed by atoms with Crippen LogP contribution >= 0.6 is 0 Å². The molecule has 1 atom stereocenters. The summed E-state index contributed by atoms with van der Waals surface area (Å²) >= 11 is 0. The van der Waals surface area contributed by atoms with Crippen molar-refractivity contribution < 1.29 is 0 Å². The molecule has 1 rings (SSSR count). The Bertz CT molecular complexity index is 214. The molecule has 0 spiro atoms. The molecule has 2 heteroatoms. The maximum atomic E-state index is 3.50. The number of nitrogens with zero attached hydrogens (tertiary/aromatic N) is 1. The zero-order valence-electron chi connectivity index (χ0n) is 13.3. The van der Waals surface area contributed by atoms with Crippen molar-refractivity contribution in [3.05, 3.63) is 0 Å². The van der Waals surface area contributed by atoms with E-state index in [0.717, 1.165) is 6.04 Å². The predicted molar refractivity (Wildman–Crippen MR) is 81.0 cm³/mol. The number of hydrogen-bond acceptors (Lipinski definition) is 2. The van der Waals surface area contributed by atoms with Crippen LogP contribution in [-0.2, 0) is 0 Å². The molecule has 1 N–H and O–H groups in total. The highest BCUT2D eigenvalue weighted by Crippen LogP contribution is 2.25. The summed E-state index contributed by atoms with van der Waals surface area (Å²) in [6.45, 7) is 11.8. The van der Waals surface area contributed by atoms with Crippen molar-refractivity contribution in [3.63, 3.8) is 0 Å². The molecule has 1 aliphatic carbocycles. The Balaban J connectivity index is 2.42. The van der Waals surface area contributed by atoms with E-state index < -0.39 is 0 Å². The standard InChI is InChI=1S/C16H34N2/c1-6-18(14-10-8-7-9-11-14)13-12-15(17-5)16(2,3)4/h14-15,17H,6-13H2,1-5H3. The van der Waals surface area contributed by atoms with Crippen LogP contribution in [0, 0.1) is 5.41 Å². The predicted octanol–water partition coefficient (Wildman–Crippen LogP) is 3.67. The van der Waals surface area contributed by atoms with Gasteiger partial charge >= 0.3 is 0 Å². The third-order valence-corrected chi connectivity index (χ3v) is 4.60. The quantitative estimate of drug-likeness (QED) is 0.778. The minimum absolute atomic E-state index is 0.362. The lowest BCUT2D eigenvalue weighted by molar-refractivity contribution is 0.143. The number of nitrogens with one attached hydrogen (secondary N) is 1. The monoisotopic (exact) mass is 254 g/mol. The van der Waals surface area contributed by atoms with E-state index in [1.54, 1.807) is 0 Å². The molecule has 1 aliphatic rings. The van der Waals surface area contributed by atoms with Crippen LogP contribution in [0.5, 0.6) is 0 Å². The Morgan fingerprint density at radius 1 is 1.17 bits per heavy atom. The van der Waals surface area contributed by atoms with Crippen molar-refractivity contribution in [2.45, 2.75) is 78.3 Å². The molecule has 0 aliphatic heterocycles. The van der Waals surface area contributed by atoms with E-state index in [0.29, 0.717) is 11.5 Å². The van der Waals surface area contributed by atoms with Gasteiger partial charge in [0.2, 0.25) is 0 Å². The van der Waals surface area contributed by atoms with Crippen molar-refractivity contribution in [3.8, 4) is 0 Å². The molecule has 1 fully saturated rings. The van der Waals surface area contributed by atoms with Crippen LogP contribution in [0.15, 0.2) is 0 Å². The first kappa shape index (κ1) is 16.0. The average Bonchev–Trinajstić information content (AvgIpc) is 2.34. The summed E-state index contributed by atoms with van der Waals surface area (Å²) in [6.07, 6.45) is 8.45. The van der Waals surface area contributed by atoms with E-state index in [1.165, 1.54) is 51.6 Å². The molecule has 0 radical (unpaired) electrons. The second kappa shape index (κ2) is 7.49. The largest absolute Gasteiger partial charge is 0.316 e. The van der Waals surface area contributed by atoms with Crippen LogP contribution in [0.3, 0.4) is 0 Å². The van der Waals surface area contributed by atoms with E-state index in [9.17, 15) is 0 Å². The van der Waals surface area contributed by atoms with Gasteiger partial charge in [0.1, 0.15) is 0 Å². The minimum atomic E-state index is 0.362. The van der Waals surface area contributed by atoms with E-state index in [-0.39, 0.29) is 0 Å². The van der Waals surface area contributed by atoms with Crippen LogP contribution in [-0.4, -0.2) is 37.1 Å². The highest BCUT2D eigenvalue weighted by Gasteiger charge is 2.25. The van der Waals surface area contributed by atoms with Crippen LogP contribution in [0.1, 0.15) is 66.2 Å². The fourth-order valence-electron chi connectivity index (χ4n) is 3.35. The Morgan fingerprint density at radius 3 is 2.22 bits per heavy atom. The minimum Gasteiger partial charge on any atom is -0.316 e. The van der Waals surface area contributed by atoms with Crippen LogP contribution in [0.4, 0.5) is 0 Å². The number of rotatable bonds is 6.